The molecule has 0 aromatic rings. The van der Waals surface area contributed by atoms with Gasteiger partial charge >= 0.3 is 0 Å². The molecule has 1 aliphatic heterocycles. The van der Waals surface area contributed by atoms with Crippen molar-refractivity contribution in [1.82, 2.24) is 0 Å². The first-order chi connectivity index (χ1) is 9.12. The van der Waals surface area contributed by atoms with E-state index in [0.717, 1.165) is 0 Å². The minimum Gasteiger partial charge on any atom is -0.381 e. The predicted molar refractivity (Wildman–Crippen MR) is 78.6 cm³/mol. The highest BCUT2D eigenvalue weighted by Crippen LogP contribution is 2.33. The van der Waals surface area contributed by atoms with E-state index in [2.05, 4.69) is 0 Å². The number of ether oxygens (including phenoxy) is 3. The molecule has 0 spiro atoms. The molecule has 120 valence electrons. The summed E-state index contributed by atoms with van der Waals surface area (Å²) in [6, 6.07) is 0. The van der Waals surface area contributed by atoms with Gasteiger partial charge < -0.3 is 14.2 Å². The third-order valence-corrected chi connectivity index (χ3v) is 4.49. The molecule has 0 radical (unpaired) electrons. The third kappa shape index (κ3) is 7.78. The maximum Gasteiger partial charge on any atom is 0.233 e. The van der Waals surface area contributed by atoms with Gasteiger partial charge in [-0.15, -0.1) is 0 Å². The second-order valence-corrected chi connectivity index (χ2v) is 9.09. The van der Waals surface area contributed by atoms with Gasteiger partial charge in [-0.2, -0.15) is 0 Å². The lowest BCUT2D eigenvalue weighted by Gasteiger charge is -2.35. The van der Waals surface area contributed by atoms with E-state index in [1.54, 1.807) is 0 Å². The zero-order valence-corrected chi connectivity index (χ0v) is 14.1. The highest BCUT2D eigenvalue weighted by Gasteiger charge is 2.37. The largest absolute Gasteiger partial charge is 0.381 e. The Morgan fingerprint density at radius 2 is 1.80 bits per heavy atom. The Labute approximate surface area is 126 Å². The quantitative estimate of drug-likeness (QED) is 0.529. The number of hydrogen-bond acceptors (Lipinski definition) is 5. The van der Waals surface area contributed by atoms with Crippen LogP contribution in [0.3, 0.4) is 0 Å². The zero-order chi connectivity index (χ0) is 15.3. The Balaban J connectivity index is 2.42. The second-order valence-electron chi connectivity index (χ2n) is 6.31. The van der Waals surface area contributed by atoms with Crippen LogP contribution in [-0.4, -0.2) is 52.8 Å². The van der Waals surface area contributed by atoms with Gasteiger partial charge in [-0.1, -0.05) is 0 Å². The van der Waals surface area contributed by atoms with E-state index in [9.17, 15) is 8.42 Å². The highest BCUT2D eigenvalue weighted by molar-refractivity contribution is 8.13. The molecule has 0 atom stereocenters. The predicted octanol–water partition coefficient (Wildman–Crippen LogP) is 2.18. The van der Waals surface area contributed by atoms with Crippen LogP contribution in [-0.2, 0) is 23.3 Å². The van der Waals surface area contributed by atoms with E-state index in [1.165, 1.54) is 0 Å². The summed E-state index contributed by atoms with van der Waals surface area (Å²) in [5, 5.41) is 0. The average molecular weight is 329 g/mol. The summed E-state index contributed by atoms with van der Waals surface area (Å²) in [5.74, 6) is -0.0644. The van der Waals surface area contributed by atoms with Crippen molar-refractivity contribution >= 4 is 19.7 Å². The zero-order valence-electron chi connectivity index (χ0n) is 12.5. The molecule has 7 heteroatoms. The Morgan fingerprint density at radius 3 is 2.30 bits per heavy atom. The molecule has 1 heterocycles. The van der Waals surface area contributed by atoms with Gasteiger partial charge in [0.05, 0.1) is 31.2 Å². The van der Waals surface area contributed by atoms with E-state index >= 15 is 0 Å². The summed E-state index contributed by atoms with van der Waals surface area (Å²) in [6.07, 6.45) is 1.30. The lowest BCUT2D eigenvalue weighted by atomic mass is 9.83. The first kappa shape index (κ1) is 18.2. The fraction of sp³-hybridized carbons (Fsp3) is 1.00. The van der Waals surface area contributed by atoms with Crippen LogP contribution >= 0.6 is 10.7 Å². The van der Waals surface area contributed by atoms with Crippen molar-refractivity contribution in [3.05, 3.63) is 0 Å². The van der Waals surface area contributed by atoms with Gasteiger partial charge in [0.2, 0.25) is 9.05 Å². The fourth-order valence-electron chi connectivity index (χ4n) is 2.20. The molecule has 1 rings (SSSR count). The van der Waals surface area contributed by atoms with Crippen LogP contribution in [0.5, 0.6) is 0 Å². The molecule has 0 amide bonds. The maximum atomic E-state index is 11.4. The molecule has 0 aromatic carbocycles. The van der Waals surface area contributed by atoms with Crippen molar-refractivity contribution in [2.75, 3.05) is 38.8 Å². The molecule has 0 saturated carbocycles. The van der Waals surface area contributed by atoms with Gasteiger partial charge in [-0.05, 0) is 33.6 Å². The number of hydrogen-bond donors (Lipinski definition) is 0. The molecule has 0 unspecified atom stereocenters. The summed E-state index contributed by atoms with van der Waals surface area (Å²) < 4.78 is 39.2. The van der Waals surface area contributed by atoms with Gasteiger partial charge in [0.15, 0.2) is 0 Å². The average Bonchev–Trinajstić information content (AvgIpc) is 2.25. The second kappa shape index (κ2) is 7.40. The van der Waals surface area contributed by atoms with Crippen LogP contribution in [0, 0.1) is 5.41 Å². The van der Waals surface area contributed by atoms with Gasteiger partial charge in [0.1, 0.15) is 0 Å². The standard InChI is InChI=1S/C13H25ClO5S/c1-12(2,3)19-9-8-18-10-13(11-20(14,15)16)4-6-17-7-5-13/h4-11H2,1-3H3. The van der Waals surface area contributed by atoms with Gasteiger partial charge in [-0.3, -0.25) is 0 Å². The van der Waals surface area contributed by atoms with Gasteiger partial charge in [0, 0.05) is 29.3 Å². The maximum absolute atomic E-state index is 11.4. The third-order valence-electron chi connectivity index (χ3n) is 3.20. The van der Waals surface area contributed by atoms with E-state index in [0.29, 0.717) is 45.9 Å². The monoisotopic (exact) mass is 328 g/mol. The SMILES string of the molecule is CC(C)(C)OCCOCC1(CS(=O)(=O)Cl)CCOCC1. The van der Waals surface area contributed by atoms with Crippen molar-refractivity contribution in [2.24, 2.45) is 5.41 Å². The van der Waals surface area contributed by atoms with Crippen LogP contribution in [0.1, 0.15) is 33.6 Å². The first-order valence-electron chi connectivity index (χ1n) is 6.84. The van der Waals surface area contributed by atoms with Crippen molar-refractivity contribution in [3.63, 3.8) is 0 Å². The molecule has 0 N–H and O–H groups in total. The van der Waals surface area contributed by atoms with Crippen LogP contribution in [0.25, 0.3) is 0 Å². The summed E-state index contributed by atoms with van der Waals surface area (Å²) in [6.45, 7) is 8.34. The lowest BCUT2D eigenvalue weighted by molar-refractivity contribution is -0.0640. The van der Waals surface area contributed by atoms with E-state index in [-0.39, 0.29) is 11.4 Å². The summed E-state index contributed by atoms with van der Waals surface area (Å²) in [5.41, 5.74) is -0.625. The Bertz CT molecular complexity index is 382. The van der Waals surface area contributed by atoms with Crippen molar-refractivity contribution in [1.29, 1.82) is 0 Å². The van der Waals surface area contributed by atoms with E-state index < -0.39 is 14.5 Å². The number of halogens is 1. The van der Waals surface area contributed by atoms with E-state index in [4.69, 9.17) is 24.9 Å². The van der Waals surface area contributed by atoms with Crippen LogP contribution in [0.15, 0.2) is 0 Å². The number of rotatable bonds is 7. The minimum absolute atomic E-state index is 0.0644. The van der Waals surface area contributed by atoms with Crippen LogP contribution < -0.4 is 0 Å². The molecular weight excluding hydrogens is 304 g/mol. The Hall–Kier alpha value is 0.120. The van der Waals surface area contributed by atoms with Gasteiger partial charge in [0.25, 0.3) is 0 Å². The Morgan fingerprint density at radius 1 is 1.20 bits per heavy atom. The Kier molecular flexibility index (Phi) is 6.73. The smallest absolute Gasteiger partial charge is 0.233 e. The van der Waals surface area contributed by atoms with Crippen LogP contribution in [0.2, 0.25) is 0 Å². The topological polar surface area (TPSA) is 61.8 Å². The van der Waals surface area contributed by atoms with Crippen LogP contribution in [0.4, 0.5) is 0 Å². The minimum atomic E-state index is -3.54. The van der Waals surface area contributed by atoms with E-state index in [1.807, 2.05) is 20.8 Å². The molecule has 0 aliphatic carbocycles. The molecule has 0 bridgehead atoms. The molecule has 5 nitrogen and oxygen atoms in total. The molecule has 1 saturated heterocycles. The summed E-state index contributed by atoms with van der Waals surface area (Å²) in [7, 11) is 1.86. The molecular formula is C13H25ClO5S. The summed E-state index contributed by atoms with van der Waals surface area (Å²) in [4.78, 5) is 0. The molecule has 20 heavy (non-hydrogen) atoms. The highest BCUT2D eigenvalue weighted by atomic mass is 35.7. The molecule has 1 fully saturated rings. The molecule has 0 aromatic heterocycles. The molecule has 1 aliphatic rings. The van der Waals surface area contributed by atoms with Crippen molar-refractivity contribution < 1.29 is 22.6 Å². The van der Waals surface area contributed by atoms with Gasteiger partial charge in [-0.25, -0.2) is 8.42 Å². The van der Waals surface area contributed by atoms with Crippen molar-refractivity contribution in [3.8, 4) is 0 Å². The first-order valence-corrected chi connectivity index (χ1v) is 9.32. The summed E-state index contributed by atoms with van der Waals surface area (Å²) >= 11 is 0. The van der Waals surface area contributed by atoms with Crippen molar-refractivity contribution in [2.45, 2.75) is 39.2 Å². The fourth-order valence-corrected chi connectivity index (χ4v) is 3.99. The lowest BCUT2D eigenvalue weighted by Crippen LogP contribution is -2.39. The normalized spacial score (nSPS) is 20.0.